The predicted octanol–water partition coefficient (Wildman–Crippen LogP) is 2.84. The van der Waals surface area contributed by atoms with Crippen LogP contribution in [-0.2, 0) is 16.0 Å². The third-order valence-electron chi connectivity index (χ3n) is 4.24. The number of phenols is 1. The first kappa shape index (κ1) is 16.1. The number of amides is 1. The molecule has 1 aliphatic rings. The van der Waals surface area contributed by atoms with Crippen molar-refractivity contribution in [3.8, 4) is 5.75 Å². The minimum absolute atomic E-state index is 0.0662. The second-order valence-electron chi connectivity index (χ2n) is 5.89. The van der Waals surface area contributed by atoms with Gasteiger partial charge in [-0.15, -0.1) is 0 Å². The molecule has 0 radical (unpaired) electrons. The van der Waals surface area contributed by atoms with Gasteiger partial charge in [0.2, 0.25) is 0 Å². The Hall–Kier alpha value is -2.82. The molecule has 0 bridgehead atoms. The van der Waals surface area contributed by atoms with E-state index in [9.17, 15) is 14.7 Å². The van der Waals surface area contributed by atoms with Gasteiger partial charge >= 0.3 is 5.97 Å². The normalized spacial score (nSPS) is 14.2. The second kappa shape index (κ2) is 6.35. The van der Waals surface area contributed by atoms with Crippen LogP contribution in [0.25, 0.3) is 0 Å². The summed E-state index contributed by atoms with van der Waals surface area (Å²) >= 11 is 0. The van der Waals surface area contributed by atoms with Crippen LogP contribution in [0.5, 0.6) is 5.75 Å². The zero-order chi connectivity index (χ0) is 17.3. The SMILES string of the molecule is Cc1cccc(C(=O)O[C@H](C)C(=O)N2CCc3ccccc32)c1O. The topological polar surface area (TPSA) is 66.8 Å². The van der Waals surface area contributed by atoms with Crippen molar-refractivity contribution in [2.75, 3.05) is 11.4 Å². The quantitative estimate of drug-likeness (QED) is 0.881. The van der Waals surface area contributed by atoms with Gasteiger partial charge in [0.05, 0.1) is 0 Å². The number of ether oxygens (including phenoxy) is 1. The first-order valence-corrected chi connectivity index (χ1v) is 7.88. The lowest BCUT2D eigenvalue weighted by molar-refractivity contribution is -0.126. The number of esters is 1. The van der Waals surface area contributed by atoms with Crippen LogP contribution in [-0.4, -0.2) is 29.6 Å². The van der Waals surface area contributed by atoms with E-state index < -0.39 is 12.1 Å². The Balaban J connectivity index is 1.73. The molecule has 124 valence electrons. The lowest BCUT2D eigenvalue weighted by Gasteiger charge is -2.22. The maximum atomic E-state index is 12.6. The van der Waals surface area contributed by atoms with Gasteiger partial charge in [-0.2, -0.15) is 0 Å². The smallest absolute Gasteiger partial charge is 0.342 e. The van der Waals surface area contributed by atoms with Gasteiger partial charge in [-0.1, -0.05) is 30.3 Å². The van der Waals surface area contributed by atoms with Gasteiger partial charge in [-0.05, 0) is 43.5 Å². The fourth-order valence-electron chi connectivity index (χ4n) is 2.88. The van der Waals surface area contributed by atoms with E-state index in [0.717, 1.165) is 17.7 Å². The highest BCUT2D eigenvalue weighted by Gasteiger charge is 2.30. The number of rotatable bonds is 3. The molecule has 5 nitrogen and oxygen atoms in total. The highest BCUT2D eigenvalue weighted by molar-refractivity contribution is 6.01. The van der Waals surface area contributed by atoms with Crippen molar-refractivity contribution < 1.29 is 19.4 Å². The van der Waals surface area contributed by atoms with E-state index in [-0.39, 0.29) is 17.2 Å². The van der Waals surface area contributed by atoms with Crippen LogP contribution < -0.4 is 4.90 Å². The summed E-state index contributed by atoms with van der Waals surface area (Å²) in [6.45, 7) is 3.83. The lowest BCUT2D eigenvalue weighted by Crippen LogP contribution is -2.39. The third-order valence-corrected chi connectivity index (χ3v) is 4.24. The molecule has 0 fully saturated rings. The van der Waals surface area contributed by atoms with E-state index in [0.29, 0.717) is 12.1 Å². The van der Waals surface area contributed by atoms with Gasteiger partial charge in [-0.25, -0.2) is 4.79 Å². The van der Waals surface area contributed by atoms with Crippen molar-refractivity contribution in [3.05, 3.63) is 59.2 Å². The fraction of sp³-hybridized carbons (Fsp3) is 0.263. The summed E-state index contributed by atoms with van der Waals surface area (Å²) in [7, 11) is 0. The molecular weight excluding hydrogens is 306 g/mol. The van der Waals surface area contributed by atoms with Crippen LogP contribution in [0.2, 0.25) is 0 Å². The van der Waals surface area contributed by atoms with Crippen LogP contribution in [0.4, 0.5) is 5.69 Å². The van der Waals surface area contributed by atoms with E-state index in [1.165, 1.54) is 6.07 Å². The van der Waals surface area contributed by atoms with Crippen LogP contribution in [0.1, 0.15) is 28.4 Å². The van der Waals surface area contributed by atoms with Crippen LogP contribution >= 0.6 is 0 Å². The van der Waals surface area contributed by atoms with Crippen molar-refractivity contribution in [1.29, 1.82) is 0 Å². The summed E-state index contributed by atoms with van der Waals surface area (Å²) in [5, 5.41) is 9.96. The Morgan fingerprint density at radius 1 is 1.17 bits per heavy atom. The van der Waals surface area contributed by atoms with Crippen LogP contribution in [0.3, 0.4) is 0 Å². The van der Waals surface area contributed by atoms with Crippen molar-refractivity contribution in [3.63, 3.8) is 0 Å². The van der Waals surface area contributed by atoms with Gasteiger partial charge in [0.25, 0.3) is 5.91 Å². The average Bonchev–Trinajstić information content (AvgIpc) is 3.00. The summed E-state index contributed by atoms with van der Waals surface area (Å²) in [5.41, 5.74) is 2.62. The highest BCUT2D eigenvalue weighted by Crippen LogP contribution is 2.28. The number of phenolic OH excluding ortho intramolecular Hbond substituents is 1. The van der Waals surface area contributed by atoms with Crippen molar-refractivity contribution in [1.82, 2.24) is 0 Å². The minimum Gasteiger partial charge on any atom is -0.507 e. The number of aromatic hydroxyl groups is 1. The minimum atomic E-state index is -0.927. The number of benzene rings is 2. The molecule has 1 amide bonds. The zero-order valence-electron chi connectivity index (χ0n) is 13.7. The molecule has 1 aliphatic heterocycles. The number of nitrogens with zero attached hydrogens (tertiary/aromatic N) is 1. The number of fused-ring (bicyclic) bond motifs is 1. The Morgan fingerprint density at radius 3 is 2.71 bits per heavy atom. The molecular formula is C19H19NO4. The van der Waals surface area contributed by atoms with Crippen molar-refractivity contribution in [2.24, 2.45) is 0 Å². The molecule has 0 aliphatic carbocycles. The molecule has 2 aromatic rings. The molecule has 5 heteroatoms. The van der Waals surface area contributed by atoms with E-state index >= 15 is 0 Å². The Kier molecular flexibility index (Phi) is 4.25. The number of para-hydroxylation sites is 2. The Bertz CT molecular complexity index is 800. The number of anilines is 1. The Morgan fingerprint density at radius 2 is 1.92 bits per heavy atom. The van der Waals surface area contributed by atoms with E-state index in [4.69, 9.17) is 4.74 Å². The fourth-order valence-corrected chi connectivity index (χ4v) is 2.88. The molecule has 1 heterocycles. The summed E-state index contributed by atoms with van der Waals surface area (Å²) < 4.78 is 5.27. The lowest BCUT2D eigenvalue weighted by atomic mass is 10.1. The maximum Gasteiger partial charge on any atom is 0.342 e. The van der Waals surface area contributed by atoms with E-state index in [1.807, 2.05) is 24.3 Å². The summed E-state index contributed by atoms with van der Waals surface area (Å²) in [6, 6.07) is 12.5. The molecule has 0 saturated carbocycles. The van der Waals surface area contributed by atoms with Crippen molar-refractivity contribution >= 4 is 17.6 Å². The standard InChI is InChI=1S/C19H19NO4/c1-12-6-5-8-15(17(12)21)19(23)24-13(2)18(22)20-11-10-14-7-3-4-9-16(14)20/h3-9,13,21H,10-11H2,1-2H3/t13-/m1/s1. The molecule has 1 N–H and O–H groups in total. The molecule has 24 heavy (non-hydrogen) atoms. The third kappa shape index (κ3) is 2.85. The highest BCUT2D eigenvalue weighted by atomic mass is 16.5. The first-order chi connectivity index (χ1) is 11.5. The molecule has 3 rings (SSSR count). The molecule has 0 aromatic heterocycles. The van der Waals surface area contributed by atoms with Crippen LogP contribution in [0.15, 0.2) is 42.5 Å². The molecule has 0 saturated heterocycles. The molecule has 1 atom stereocenters. The van der Waals surface area contributed by atoms with Crippen molar-refractivity contribution in [2.45, 2.75) is 26.4 Å². The molecule has 2 aromatic carbocycles. The monoisotopic (exact) mass is 325 g/mol. The second-order valence-corrected chi connectivity index (χ2v) is 5.89. The zero-order valence-corrected chi connectivity index (χ0v) is 13.7. The van der Waals surface area contributed by atoms with Gasteiger partial charge in [0, 0.05) is 12.2 Å². The number of carbonyl (C=O) groups is 2. The average molecular weight is 325 g/mol. The van der Waals surface area contributed by atoms with Gasteiger partial charge in [0.1, 0.15) is 11.3 Å². The number of carbonyl (C=O) groups excluding carboxylic acids is 2. The Labute approximate surface area is 140 Å². The molecule has 0 spiro atoms. The number of hydrogen-bond acceptors (Lipinski definition) is 4. The van der Waals surface area contributed by atoms with E-state index in [2.05, 4.69) is 0 Å². The summed E-state index contributed by atoms with van der Waals surface area (Å²) in [5.74, 6) is -1.08. The number of hydrogen-bond donors (Lipinski definition) is 1. The maximum absolute atomic E-state index is 12.6. The van der Waals surface area contributed by atoms with Gasteiger partial charge < -0.3 is 14.7 Å². The summed E-state index contributed by atoms with van der Waals surface area (Å²) in [6.07, 6.45) is -0.134. The van der Waals surface area contributed by atoms with E-state index in [1.54, 1.807) is 30.9 Å². The first-order valence-electron chi connectivity index (χ1n) is 7.88. The largest absolute Gasteiger partial charge is 0.507 e. The number of aryl methyl sites for hydroxylation is 1. The summed E-state index contributed by atoms with van der Waals surface area (Å²) in [4.78, 5) is 26.5. The van der Waals surface area contributed by atoms with Crippen LogP contribution in [0, 0.1) is 6.92 Å². The van der Waals surface area contributed by atoms with Gasteiger partial charge in [0.15, 0.2) is 6.10 Å². The molecule has 0 unspecified atom stereocenters. The van der Waals surface area contributed by atoms with Gasteiger partial charge in [-0.3, -0.25) is 4.79 Å². The predicted molar refractivity (Wildman–Crippen MR) is 90.2 cm³/mol.